The van der Waals surface area contributed by atoms with Crippen molar-refractivity contribution in [2.75, 3.05) is 0 Å². The number of hydrogen-bond donors (Lipinski definition) is 1. The predicted molar refractivity (Wildman–Crippen MR) is 137 cm³/mol. The number of nitrogens with one attached hydrogen (secondary N) is 1. The van der Waals surface area contributed by atoms with Crippen LogP contribution in [0.15, 0.2) is 60.7 Å². The molecule has 0 radical (unpaired) electrons. The summed E-state index contributed by atoms with van der Waals surface area (Å²) in [7, 11) is 0. The van der Waals surface area contributed by atoms with Crippen molar-refractivity contribution in [2.45, 2.75) is 58.7 Å². The zero-order valence-electron chi connectivity index (χ0n) is 19.5. The van der Waals surface area contributed by atoms with Gasteiger partial charge in [-0.2, -0.15) is 0 Å². The van der Waals surface area contributed by atoms with Crippen LogP contribution in [0, 0.1) is 0 Å². The highest BCUT2D eigenvalue weighted by Crippen LogP contribution is 2.25. The summed E-state index contributed by atoms with van der Waals surface area (Å²) >= 11 is 12.2. The monoisotopic (exact) mass is 484 g/mol. The molecule has 0 saturated carbocycles. The van der Waals surface area contributed by atoms with Crippen LogP contribution in [-0.2, 0) is 22.6 Å². The highest BCUT2D eigenvalue weighted by atomic mass is 35.5. The highest BCUT2D eigenvalue weighted by Gasteiger charge is 2.28. The number of carbonyl (C=O) groups is 2. The molecule has 0 unspecified atom stereocenters. The van der Waals surface area contributed by atoms with E-state index < -0.39 is 11.6 Å². The maximum absolute atomic E-state index is 13.4. The normalized spacial score (nSPS) is 12.4. The Morgan fingerprint density at radius 2 is 1.67 bits per heavy atom. The molecule has 33 heavy (non-hydrogen) atoms. The molecule has 0 fully saturated rings. The lowest BCUT2D eigenvalue weighted by atomic mass is 10.0. The fraction of sp³-hybridized carbons (Fsp3) is 0.333. The Morgan fingerprint density at radius 3 is 2.36 bits per heavy atom. The van der Waals surface area contributed by atoms with Gasteiger partial charge in [0.2, 0.25) is 11.8 Å². The zero-order valence-corrected chi connectivity index (χ0v) is 21.0. The van der Waals surface area contributed by atoms with E-state index in [4.69, 9.17) is 23.2 Å². The molecule has 3 aromatic rings. The van der Waals surface area contributed by atoms with Gasteiger partial charge in [0, 0.05) is 18.5 Å². The summed E-state index contributed by atoms with van der Waals surface area (Å²) in [4.78, 5) is 27.9. The van der Waals surface area contributed by atoms with Crippen LogP contribution < -0.4 is 5.32 Å². The average Bonchev–Trinajstić information content (AvgIpc) is 2.76. The van der Waals surface area contributed by atoms with Crippen molar-refractivity contribution < 1.29 is 9.59 Å². The number of halogens is 2. The fourth-order valence-corrected chi connectivity index (χ4v) is 4.11. The molecule has 3 aromatic carbocycles. The SMILES string of the molecule is C[C@H](C(=O)NC(C)(C)C)N(Cc1ccc(Cl)c(Cl)c1)C(=O)CCc1cccc2ccccc12. The zero-order chi connectivity index (χ0) is 24.2. The molecular weight excluding hydrogens is 455 g/mol. The van der Waals surface area contributed by atoms with Gasteiger partial charge in [-0.15, -0.1) is 0 Å². The number of amides is 2. The predicted octanol–water partition coefficient (Wildman–Crippen LogP) is 6.41. The van der Waals surface area contributed by atoms with Gasteiger partial charge in [-0.1, -0.05) is 71.7 Å². The van der Waals surface area contributed by atoms with Gasteiger partial charge < -0.3 is 10.2 Å². The van der Waals surface area contributed by atoms with E-state index in [-0.39, 0.29) is 18.4 Å². The Labute approximate surface area is 205 Å². The van der Waals surface area contributed by atoms with Gasteiger partial charge in [-0.25, -0.2) is 0 Å². The third-order valence-corrected chi connectivity index (χ3v) is 6.23. The summed E-state index contributed by atoms with van der Waals surface area (Å²) in [5.41, 5.74) is 1.54. The average molecular weight is 485 g/mol. The maximum atomic E-state index is 13.4. The fourth-order valence-electron chi connectivity index (χ4n) is 3.79. The minimum atomic E-state index is -0.640. The van der Waals surface area contributed by atoms with Crippen LogP contribution in [0.25, 0.3) is 10.8 Å². The molecular formula is C27H30Cl2N2O2. The van der Waals surface area contributed by atoms with Gasteiger partial charge in [-0.05, 0) is 68.1 Å². The first kappa shape index (κ1) is 25.1. The molecule has 0 spiro atoms. The minimum Gasteiger partial charge on any atom is -0.350 e. The number of benzene rings is 3. The van der Waals surface area contributed by atoms with Crippen molar-refractivity contribution in [3.63, 3.8) is 0 Å². The first-order valence-corrected chi connectivity index (χ1v) is 11.8. The summed E-state index contributed by atoms with van der Waals surface area (Å²) in [5.74, 6) is -0.286. The van der Waals surface area contributed by atoms with Crippen LogP contribution in [0.5, 0.6) is 0 Å². The molecule has 0 bridgehead atoms. The Hall–Kier alpha value is -2.56. The van der Waals surface area contributed by atoms with Gasteiger partial charge in [0.1, 0.15) is 6.04 Å². The lowest BCUT2D eigenvalue weighted by Crippen LogP contribution is -2.52. The summed E-state index contributed by atoms with van der Waals surface area (Å²) in [5, 5.41) is 6.14. The van der Waals surface area contributed by atoms with E-state index in [1.165, 1.54) is 0 Å². The van der Waals surface area contributed by atoms with Crippen LogP contribution >= 0.6 is 23.2 Å². The molecule has 4 nitrogen and oxygen atoms in total. The van der Waals surface area contributed by atoms with Gasteiger partial charge in [0.25, 0.3) is 0 Å². The number of carbonyl (C=O) groups excluding carboxylic acids is 2. The minimum absolute atomic E-state index is 0.0921. The lowest BCUT2D eigenvalue weighted by molar-refractivity contribution is -0.141. The molecule has 0 heterocycles. The number of hydrogen-bond acceptors (Lipinski definition) is 2. The molecule has 0 aliphatic rings. The van der Waals surface area contributed by atoms with Crippen LogP contribution in [0.4, 0.5) is 0 Å². The van der Waals surface area contributed by atoms with Gasteiger partial charge in [0.15, 0.2) is 0 Å². The lowest BCUT2D eigenvalue weighted by Gasteiger charge is -2.31. The van der Waals surface area contributed by atoms with Crippen LogP contribution in [0.3, 0.4) is 0 Å². The molecule has 0 aromatic heterocycles. The van der Waals surface area contributed by atoms with E-state index in [2.05, 4.69) is 29.6 Å². The summed E-state index contributed by atoms with van der Waals surface area (Å²) in [6.45, 7) is 7.79. The van der Waals surface area contributed by atoms with Crippen molar-refractivity contribution in [3.8, 4) is 0 Å². The third kappa shape index (κ3) is 6.72. The van der Waals surface area contributed by atoms with Crippen molar-refractivity contribution in [3.05, 3.63) is 81.8 Å². The second-order valence-electron chi connectivity index (χ2n) is 9.32. The summed E-state index contributed by atoms with van der Waals surface area (Å²) < 4.78 is 0. The quantitative estimate of drug-likeness (QED) is 0.420. The first-order valence-electron chi connectivity index (χ1n) is 11.1. The van der Waals surface area contributed by atoms with Gasteiger partial charge in [-0.3, -0.25) is 9.59 Å². The van der Waals surface area contributed by atoms with Crippen molar-refractivity contribution in [2.24, 2.45) is 0 Å². The Bertz CT molecular complexity index is 1150. The van der Waals surface area contributed by atoms with E-state index in [0.29, 0.717) is 22.9 Å². The van der Waals surface area contributed by atoms with Crippen molar-refractivity contribution in [1.29, 1.82) is 0 Å². The molecule has 1 N–H and O–H groups in total. The molecule has 174 valence electrons. The summed E-state index contributed by atoms with van der Waals surface area (Å²) in [6, 6.07) is 18.9. The topological polar surface area (TPSA) is 49.4 Å². The first-order chi connectivity index (χ1) is 15.5. The molecule has 3 rings (SSSR count). The Balaban J connectivity index is 1.82. The standard InChI is InChI=1S/C27H30Cl2N2O2/c1-18(26(33)30-27(2,3)4)31(17-19-12-14-23(28)24(29)16-19)25(32)15-13-21-10-7-9-20-8-5-6-11-22(20)21/h5-12,14,16,18H,13,15,17H2,1-4H3,(H,30,33)/t18-/m1/s1. The number of rotatable bonds is 7. The van der Waals surface area contributed by atoms with Crippen LogP contribution in [-0.4, -0.2) is 28.3 Å². The second kappa shape index (κ2) is 10.6. The number of nitrogens with zero attached hydrogens (tertiary/aromatic N) is 1. The van der Waals surface area contributed by atoms with Crippen molar-refractivity contribution in [1.82, 2.24) is 10.2 Å². The van der Waals surface area contributed by atoms with Crippen LogP contribution in [0.1, 0.15) is 45.2 Å². The van der Waals surface area contributed by atoms with Crippen molar-refractivity contribution >= 4 is 45.8 Å². The number of aryl methyl sites for hydroxylation is 1. The molecule has 0 aliphatic carbocycles. The third-order valence-electron chi connectivity index (χ3n) is 5.49. The molecule has 2 amide bonds. The molecule has 0 aliphatic heterocycles. The number of fused-ring (bicyclic) bond motifs is 1. The van der Waals surface area contributed by atoms with E-state index in [0.717, 1.165) is 21.9 Å². The van der Waals surface area contributed by atoms with E-state index in [9.17, 15) is 9.59 Å². The van der Waals surface area contributed by atoms with E-state index >= 15 is 0 Å². The Morgan fingerprint density at radius 1 is 0.970 bits per heavy atom. The molecule has 0 saturated heterocycles. The summed E-state index contributed by atoms with van der Waals surface area (Å²) in [6.07, 6.45) is 0.883. The molecule has 6 heteroatoms. The smallest absolute Gasteiger partial charge is 0.242 e. The molecule has 1 atom stereocenters. The van der Waals surface area contributed by atoms with E-state index in [1.54, 1.807) is 24.0 Å². The van der Waals surface area contributed by atoms with Gasteiger partial charge in [0.05, 0.1) is 10.0 Å². The van der Waals surface area contributed by atoms with E-state index in [1.807, 2.05) is 45.0 Å². The van der Waals surface area contributed by atoms with Gasteiger partial charge >= 0.3 is 0 Å². The maximum Gasteiger partial charge on any atom is 0.242 e. The highest BCUT2D eigenvalue weighted by molar-refractivity contribution is 6.42. The largest absolute Gasteiger partial charge is 0.350 e. The second-order valence-corrected chi connectivity index (χ2v) is 10.1. The van der Waals surface area contributed by atoms with Crippen LogP contribution in [0.2, 0.25) is 10.0 Å². The Kier molecular flexibility index (Phi) is 8.04.